The predicted octanol–water partition coefficient (Wildman–Crippen LogP) is 1.98. The van der Waals surface area contributed by atoms with Crippen molar-refractivity contribution in [1.29, 1.82) is 0 Å². The fraction of sp³-hybridized carbons (Fsp3) is 0.900. The molecule has 12 heavy (non-hydrogen) atoms. The molecular formula is C10H21NO. The number of nitrogens with two attached hydrogens (primary N) is 1. The van der Waals surface area contributed by atoms with Crippen LogP contribution in [0.1, 0.15) is 40.5 Å². The van der Waals surface area contributed by atoms with Gasteiger partial charge in [0, 0.05) is 17.9 Å². The number of rotatable bonds is 4. The molecule has 0 aromatic carbocycles. The van der Waals surface area contributed by atoms with Crippen molar-refractivity contribution >= 4 is 5.78 Å². The molecule has 1 atom stereocenters. The zero-order valence-corrected chi connectivity index (χ0v) is 8.68. The number of hydrogen-bond donors (Lipinski definition) is 1. The molecule has 0 fully saturated rings. The Labute approximate surface area is 75.5 Å². The first-order valence-electron chi connectivity index (χ1n) is 4.67. The first-order valence-corrected chi connectivity index (χ1v) is 4.67. The lowest BCUT2D eigenvalue weighted by molar-refractivity contribution is -0.130. The fourth-order valence-corrected chi connectivity index (χ4v) is 1.32. The van der Waals surface area contributed by atoms with E-state index in [1.54, 1.807) is 0 Å². The van der Waals surface area contributed by atoms with E-state index in [0.29, 0.717) is 12.3 Å². The molecule has 72 valence electrons. The van der Waals surface area contributed by atoms with E-state index in [2.05, 4.69) is 6.92 Å². The molecule has 1 unspecified atom stereocenters. The summed E-state index contributed by atoms with van der Waals surface area (Å²) >= 11 is 0. The standard InChI is InChI=1S/C10H21NO/c1-5-6-8(7-11)9(12)10(2,3)4/h8H,5-7,11H2,1-4H3. The highest BCUT2D eigenvalue weighted by Crippen LogP contribution is 2.22. The lowest BCUT2D eigenvalue weighted by Crippen LogP contribution is -2.33. The largest absolute Gasteiger partial charge is 0.330 e. The summed E-state index contributed by atoms with van der Waals surface area (Å²) < 4.78 is 0. The van der Waals surface area contributed by atoms with E-state index in [-0.39, 0.29) is 11.3 Å². The van der Waals surface area contributed by atoms with Gasteiger partial charge < -0.3 is 5.73 Å². The number of Topliss-reactive ketones (excluding diaryl/α,β-unsaturated/α-hetero) is 1. The second-order valence-corrected chi connectivity index (χ2v) is 4.34. The van der Waals surface area contributed by atoms with Crippen molar-refractivity contribution in [3.63, 3.8) is 0 Å². The minimum atomic E-state index is -0.237. The highest BCUT2D eigenvalue weighted by molar-refractivity contribution is 5.86. The Kier molecular flexibility index (Phi) is 4.46. The molecule has 0 aromatic heterocycles. The van der Waals surface area contributed by atoms with Crippen molar-refractivity contribution in [3.8, 4) is 0 Å². The first-order chi connectivity index (χ1) is 5.43. The van der Waals surface area contributed by atoms with Gasteiger partial charge in [0.05, 0.1) is 0 Å². The maximum absolute atomic E-state index is 11.7. The summed E-state index contributed by atoms with van der Waals surface area (Å²) in [5.74, 6) is 0.363. The van der Waals surface area contributed by atoms with Crippen LogP contribution in [-0.4, -0.2) is 12.3 Å². The quantitative estimate of drug-likeness (QED) is 0.702. The zero-order valence-electron chi connectivity index (χ0n) is 8.68. The molecule has 2 nitrogen and oxygen atoms in total. The minimum Gasteiger partial charge on any atom is -0.330 e. The molecule has 0 saturated heterocycles. The minimum absolute atomic E-state index is 0.0648. The fourth-order valence-electron chi connectivity index (χ4n) is 1.32. The Bertz CT molecular complexity index is 146. The average molecular weight is 171 g/mol. The molecule has 0 aliphatic carbocycles. The normalized spacial score (nSPS) is 14.4. The summed E-state index contributed by atoms with van der Waals surface area (Å²) in [7, 11) is 0. The Morgan fingerprint density at radius 3 is 2.17 bits per heavy atom. The van der Waals surface area contributed by atoms with Crippen LogP contribution >= 0.6 is 0 Å². The summed E-state index contributed by atoms with van der Waals surface area (Å²) in [4.78, 5) is 11.7. The van der Waals surface area contributed by atoms with Gasteiger partial charge in [-0.25, -0.2) is 0 Å². The van der Waals surface area contributed by atoms with Gasteiger partial charge >= 0.3 is 0 Å². The maximum Gasteiger partial charge on any atom is 0.142 e. The van der Waals surface area contributed by atoms with Crippen molar-refractivity contribution in [1.82, 2.24) is 0 Å². The van der Waals surface area contributed by atoms with Gasteiger partial charge in [0.15, 0.2) is 0 Å². The molecular weight excluding hydrogens is 150 g/mol. The van der Waals surface area contributed by atoms with E-state index in [0.717, 1.165) is 12.8 Å². The molecule has 0 aliphatic rings. The van der Waals surface area contributed by atoms with E-state index in [4.69, 9.17) is 5.73 Å². The van der Waals surface area contributed by atoms with Gasteiger partial charge in [0.1, 0.15) is 5.78 Å². The third kappa shape index (κ3) is 3.35. The van der Waals surface area contributed by atoms with Crippen LogP contribution in [-0.2, 0) is 4.79 Å². The summed E-state index contributed by atoms with van der Waals surface area (Å²) in [6.45, 7) is 8.43. The number of carbonyl (C=O) groups is 1. The van der Waals surface area contributed by atoms with Gasteiger partial charge in [-0.1, -0.05) is 34.1 Å². The molecule has 0 radical (unpaired) electrons. The van der Waals surface area contributed by atoms with Gasteiger partial charge in [-0.2, -0.15) is 0 Å². The highest BCUT2D eigenvalue weighted by Gasteiger charge is 2.27. The molecule has 0 heterocycles. The van der Waals surface area contributed by atoms with Gasteiger partial charge in [-0.3, -0.25) is 4.79 Å². The SMILES string of the molecule is CCCC(CN)C(=O)C(C)(C)C. The molecule has 0 saturated carbocycles. The lowest BCUT2D eigenvalue weighted by Gasteiger charge is -2.23. The van der Waals surface area contributed by atoms with Crippen LogP contribution in [0.2, 0.25) is 0 Å². The van der Waals surface area contributed by atoms with Gasteiger partial charge in [-0.15, -0.1) is 0 Å². The Hall–Kier alpha value is -0.370. The Morgan fingerprint density at radius 2 is 1.92 bits per heavy atom. The van der Waals surface area contributed by atoms with Crippen molar-refractivity contribution < 1.29 is 4.79 Å². The smallest absolute Gasteiger partial charge is 0.142 e. The summed E-state index contributed by atoms with van der Waals surface area (Å²) in [6, 6.07) is 0. The van der Waals surface area contributed by atoms with Crippen LogP contribution in [0, 0.1) is 11.3 Å². The van der Waals surface area contributed by atoms with Crippen LogP contribution in [0.5, 0.6) is 0 Å². The van der Waals surface area contributed by atoms with Crippen molar-refractivity contribution in [2.24, 2.45) is 17.1 Å². The van der Waals surface area contributed by atoms with Crippen LogP contribution in [0.3, 0.4) is 0 Å². The van der Waals surface area contributed by atoms with E-state index in [9.17, 15) is 4.79 Å². The van der Waals surface area contributed by atoms with Gasteiger partial charge in [0.25, 0.3) is 0 Å². The Balaban J connectivity index is 4.22. The van der Waals surface area contributed by atoms with Crippen LogP contribution in [0.15, 0.2) is 0 Å². The highest BCUT2D eigenvalue weighted by atomic mass is 16.1. The van der Waals surface area contributed by atoms with E-state index >= 15 is 0 Å². The van der Waals surface area contributed by atoms with E-state index < -0.39 is 0 Å². The molecule has 2 N–H and O–H groups in total. The Morgan fingerprint density at radius 1 is 1.42 bits per heavy atom. The van der Waals surface area contributed by atoms with E-state index in [1.165, 1.54) is 0 Å². The van der Waals surface area contributed by atoms with E-state index in [1.807, 2.05) is 20.8 Å². The topological polar surface area (TPSA) is 43.1 Å². The van der Waals surface area contributed by atoms with Gasteiger partial charge in [-0.05, 0) is 6.42 Å². The second-order valence-electron chi connectivity index (χ2n) is 4.34. The van der Waals surface area contributed by atoms with Crippen LogP contribution in [0.4, 0.5) is 0 Å². The summed E-state index contributed by atoms with van der Waals surface area (Å²) in [5.41, 5.74) is 5.30. The molecule has 0 aromatic rings. The third-order valence-electron chi connectivity index (χ3n) is 2.03. The van der Waals surface area contributed by atoms with Crippen LogP contribution in [0.25, 0.3) is 0 Å². The monoisotopic (exact) mass is 171 g/mol. The maximum atomic E-state index is 11.7. The first kappa shape index (κ1) is 11.6. The second kappa shape index (κ2) is 4.61. The number of hydrogen-bond acceptors (Lipinski definition) is 2. The summed E-state index contributed by atoms with van der Waals surface area (Å²) in [5, 5.41) is 0. The number of ketones is 1. The molecule has 0 spiro atoms. The lowest BCUT2D eigenvalue weighted by atomic mass is 9.81. The van der Waals surface area contributed by atoms with Crippen molar-refractivity contribution in [3.05, 3.63) is 0 Å². The molecule has 0 aliphatic heterocycles. The molecule has 0 amide bonds. The van der Waals surface area contributed by atoms with Crippen molar-refractivity contribution in [2.45, 2.75) is 40.5 Å². The summed E-state index contributed by atoms with van der Waals surface area (Å²) in [6.07, 6.45) is 1.95. The predicted molar refractivity (Wildman–Crippen MR) is 51.9 cm³/mol. The van der Waals surface area contributed by atoms with Crippen LogP contribution < -0.4 is 5.73 Å². The molecule has 0 rings (SSSR count). The van der Waals surface area contributed by atoms with Crippen molar-refractivity contribution in [2.75, 3.05) is 6.54 Å². The van der Waals surface area contributed by atoms with Gasteiger partial charge in [0.2, 0.25) is 0 Å². The molecule has 0 bridgehead atoms. The third-order valence-corrected chi connectivity index (χ3v) is 2.03. The zero-order chi connectivity index (χ0) is 9.78. The molecule has 2 heteroatoms. The average Bonchev–Trinajstić information content (AvgIpc) is 1.97. The number of carbonyl (C=O) groups excluding carboxylic acids is 1.